The molecular weight excluding hydrogens is 238 g/mol. The molecular formula is C12H19NO5. The van der Waals surface area contributed by atoms with Crippen LogP contribution in [-0.4, -0.2) is 35.6 Å². The fourth-order valence-electron chi connectivity index (χ4n) is 2.23. The van der Waals surface area contributed by atoms with Crippen molar-refractivity contribution in [1.29, 1.82) is 0 Å². The van der Waals surface area contributed by atoms with Crippen molar-refractivity contribution in [3.8, 4) is 0 Å². The van der Waals surface area contributed by atoms with Gasteiger partial charge in [0.05, 0.1) is 0 Å². The van der Waals surface area contributed by atoms with Gasteiger partial charge in [0.15, 0.2) is 6.61 Å². The first-order chi connectivity index (χ1) is 8.50. The van der Waals surface area contributed by atoms with E-state index in [0.29, 0.717) is 0 Å². The average Bonchev–Trinajstić information content (AvgIpc) is 2.34. The quantitative estimate of drug-likeness (QED) is 0.707. The molecule has 0 bridgehead atoms. The Hall–Kier alpha value is -1.59. The van der Waals surface area contributed by atoms with Crippen LogP contribution in [0.3, 0.4) is 0 Å². The molecule has 0 aromatic heterocycles. The predicted octanol–water partition coefficient (Wildman–Crippen LogP) is 0.699. The Morgan fingerprint density at radius 2 is 1.89 bits per heavy atom. The Kier molecular flexibility index (Phi) is 5.61. The summed E-state index contributed by atoms with van der Waals surface area (Å²) >= 11 is 0. The minimum atomic E-state index is -1.03. The molecule has 1 atom stereocenters. The van der Waals surface area contributed by atoms with Gasteiger partial charge in [-0.05, 0) is 18.8 Å². The van der Waals surface area contributed by atoms with E-state index in [2.05, 4.69) is 10.1 Å². The average molecular weight is 257 g/mol. The van der Waals surface area contributed by atoms with Crippen LogP contribution in [0.1, 0.15) is 39.0 Å². The topological polar surface area (TPSA) is 92.7 Å². The number of carboxylic acids is 1. The SMILES string of the molecule is CC(=O)OCC(=O)N[C@@H](C(=O)O)C1CCCCC1. The van der Waals surface area contributed by atoms with Crippen LogP contribution in [0.4, 0.5) is 0 Å². The van der Waals surface area contributed by atoms with E-state index < -0.39 is 30.5 Å². The summed E-state index contributed by atoms with van der Waals surface area (Å²) in [5.74, 6) is -2.19. The number of nitrogens with one attached hydrogen (secondary N) is 1. The summed E-state index contributed by atoms with van der Waals surface area (Å²) in [4.78, 5) is 33.2. The minimum Gasteiger partial charge on any atom is -0.480 e. The molecule has 1 aliphatic carbocycles. The first-order valence-corrected chi connectivity index (χ1v) is 6.16. The van der Waals surface area contributed by atoms with Gasteiger partial charge in [-0.2, -0.15) is 0 Å². The van der Waals surface area contributed by atoms with Crippen molar-refractivity contribution in [2.75, 3.05) is 6.61 Å². The van der Waals surface area contributed by atoms with Crippen molar-refractivity contribution in [2.24, 2.45) is 5.92 Å². The maximum Gasteiger partial charge on any atom is 0.326 e. The summed E-state index contributed by atoms with van der Waals surface area (Å²) < 4.78 is 4.53. The molecule has 0 aromatic carbocycles. The summed E-state index contributed by atoms with van der Waals surface area (Å²) in [6, 6.07) is -0.881. The smallest absolute Gasteiger partial charge is 0.326 e. The molecule has 0 spiro atoms. The van der Waals surface area contributed by atoms with E-state index >= 15 is 0 Å². The fraction of sp³-hybridized carbons (Fsp3) is 0.750. The first kappa shape index (κ1) is 14.5. The van der Waals surface area contributed by atoms with Gasteiger partial charge in [0.25, 0.3) is 5.91 Å². The summed E-state index contributed by atoms with van der Waals surface area (Å²) in [6.07, 6.45) is 4.72. The Balaban J connectivity index is 2.48. The zero-order valence-corrected chi connectivity index (χ0v) is 10.5. The molecule has 102 valence electrons. The number of carbonyl (C=O) groups is 3. The first-order valence-electron chi connectivity index (χ1n) is 6.16. The van der Waals surface area contributed by atoms with E-state index in [1.54, 1.807) is 0 Å². The van der Waals surface area contributed by atoms with Crippen molar-refractivity contribution < 1.29 is 24.2 Å². The van der Waals surface area contributed by atoms with E-state index in [9.17, 15) is 14.4 Å². The Bertz CT molecular complexity index is 322. The van der Waals surface area contributed by atoms with E-state index in [1.807, 2.05) is 0 Å². The number of rotatable bonds is 5. The highest BCUT2D eigenvalue weighted by atomic mass is 16.5. The number of aliphatic carboxylic acids is 1. The van der Waals surface area contributed by atoms with Crippen LogP contribution in [0.15, 0.2) is 0 Å². The molecule has 2 N–H and O–H groups in total. The molecule has 6 nitrogen and oxygen atoms in total. The van der Waals surface area contributed by atoms with Crippen LogP contribution >= 0.6 is 0 Å². The minimum absolute atomic E-state index is 0.0301. The lowest BCUT2D eigenvalue weighted by molar-refractivity contribution is -0.148. The van der Waals surface area contributed by atoms with Crippen LogP contribution in [-0.2, 0) is 19.1 Å². The fourth-order valence-corrected chi connectivity index (χ4v) is 2.23. The monoisotopic (exact) mass is 257 g/mol. The Morgan fingerprint density at radius 1 is 1.28 bits per heavy atom. The van der Waals surface area contributed by atoms with Gasteiger partial charge in [0.2, 0.25) is 0 Å². The molecule has 1 amide bonds. The van der Waals surface area contributed by atoms with Crippen molar-refractivity contribution in [3.63, 3.8) is 0 Å². The standard InChI is InChI=1S/C12H19NO5/c1-8(14)18-7-10(15)13-11(12(16)17)9-5-3-2-4-6-9/h9,11H,2-7H2,1H3,(H,13,15)(H,16,17)/t11-/m1/s1. The number of amides is 1. The van der Waals surface area contributed by atoms with Crippen molar-refractivity contribution in [2.45, 2.75) is 45.1 Å². The lowest BCUT2D eigenvalue weighted by atomic mass is 9.84. The number of esters is 1. The largest absolute Gasteiger partial charge is 0.480 e. The molecule has 0 aliphatic heterocycles. The van der Waals surface area contributed by atoms with Gasteiger partial charge in [-0.25, -0.2) is 4.79 Å². The van der Waals surface area contributed by atoms with Crippen molar-refractivity contribution in [3.05, 3.63) is 0 Å². The summed E-state index contributed by atoms with van der Waals surface area (Å²) in [5.41, 5.74) is 0. The van der Waals surface area contributed by atoms with Crippen LogP contribution in [0.2, 0.25) is 0 Å². The van der Waals surface area contributed by atoms with E-state index in [0.717, 1.165) is 32.1 Å². The van der Waals surface area contributed by atoms with Gasteiger partial charge >= 0.3 is 11.9 Å². The second-order valence-electron chi connectivity index (χ2n) is 4.56. The van der Waals surface area contributed by atoms with Gasteiger partial charge < -0.3 is 15.2 Å². The van der Waals surface area contributed by atoms with Crippen LogP contribution in [0.5, 0.6) is 0 Å². The zero-order valence-electron chi connectivity index (χ0n) is 10.5. The summed E-state index contributed by atoms with van der Waals surface area (Å²) in [7, 11) is 0. The molecule has 0 unspecified atom stereocenters. The normalized spacial score (nSPS) is 17.8. The number of carbonyl (C=O) groups excluding carboxylic acids is 2. The van der Waals surface area contributed by atoms with Crippen LogP contribution in [0.25, 0.3) is 0 Å². The maximum atomic E-state index is 11.5. The molecule has 1 rings (SSSR count). The van der Waals surface area contributed by atoms with Gasteiger partial charge in [0.1, 0.15) is 6.04 Å². The highest BCUT2D eigenvalue weighted by molar-refractivity contribution is 5.85. The lowest BCUT2D eigenvalue weighted by Crippen LogP contribution is -2.47. The van der Waals surface area contributed by atoms with Crippen molar-refractivity contribution in [1.82, 2.24) is 5.32 Å². The molecule has 1 fully saturated rings. The maximum absolute atomic E-state index is 11.5. The van der Waals surface area contributed by atoms with Gasteiger partial charge in [-0.3, -0.25) is 9.59 Å². The van der Waals surface area contributed by atoms with Gasteiger partial charge in [0, 0.05) is 6.92 Å². The highest BCUT2D eigenvalue weighted by Gasteiger charge is 2.30. The van der Waals surface area contributed by atoms with E-state index in [-0.39, 0.29) is 5.92 Å². The second-order valence-corrected chi connectivity index (χ2v) is 4.56. The molecule has 1 aliphatic rings. The predicted molar refractivity (Wildman–Crippen MR) is 62.8 cm³/mol. The van der Waals surface area contributed by atoms with Crippen LogP contribution in [0, 0.1) is 5.92 Å². The third-order valence-corrected chi connectivity index (χ3v) is 3.11. The van der Waals surface area contributed by atoms with Crippen LogP contribution < -0.4 is 5.32 Å². The molecule has 1 saturated carbocycles. The number of hydrogen-bond acceptors (Lipinski definition) is 4. The molecule has 0 heterocycles. The van der Waals surface area contributed by atoms with Crippen molar-refractivity contribution >= 4 is 17.8 Å². The van der Waals surface area contributed by atoms with Gasteiger partial charge in [-0.15, -0.1) is 0 Å². The zero-order chi connectivity index (χ0) is 13.5. The highest BCUT2D eigenvalue weighted by Crippen LogP contribution is 2.26. The number of hydrogen-bond donors (Lipinski definition) is 2. The van der Waals surface area contributed by atoms with Gasteiger partial charge in [-0.1, -0.05) is 19.3 Å². The lowest BCUT2D eigenvalue weighted by Gasteiger charge is -2.27. The van der Waals surface area contributed by atoms with E-state index in [4.69, 9.17) is 5.11 Å². The Labute approximate surface area is 106 Å². The molecule has 6 heteroatoms. The third kappa shape index (κ3) is 4.73. The number of carboxylic acid groups (broad SMARTS) is 1. The summed E-state index contributed by atoms with van der Waals surface area (Å²) in [6.45, 7) is 0.773. The third-order valence-electron chi connectivity index (χ3n) is 3.11. The molecule has 18 heavy (non-hydrogen) atoms. The second kappa shape index (κ2) is 6.98. The Morgan fingerprint density at radius 3 is 2.39 bits per heavy atom. The summed E-state index contributed by atoms with van der Waals surface area (Å²) in [5, 5.41) is 11.6. The molecule has 0 radical (unpaired) electrons. The molecule has 0 aromatic rings. The number of ether oxygens (including phenoxy) is 1. The molecule has 0 saturated heterocycles. The van der Waals surface area contributed by atoms with E-state index in [1.165, 1.54) is 6.92 Å².